The fourth-order valence-electron chi connectivity index (χ4n) is 1.88. The van der Waals surface area contributed by atoms with E-state index in [2.05, 4.69) is 5.32 Å². The van der Waals surface area contributed by atoms with Crippen LogP contribution in [0.3, 0.4) is 0 Å². The third-order valence-corrected chi connectivity index (χ3v) is 2.75. The van der Waals surface area contributed by atoms with Crippen molar-refractivity contribution in [2.45, 2.75) is 5.92 Å². The molecule has 1 aliphatic rings. The van der Waals surface area contributed by atoms with Gasteiger partial charge in [-0.25, -0.2) is 0 Å². The van der Waals surface area contributed by atoms with E-state index in [0.717, 1.165) is 5.56 Å². The Morgan fingerprint density at radius 1 is 1.44 bits per heavy atom. The number of hydrogen-bond donors (Lipinski definition) is 2. The molecule has 1 fully saturated rings. The van der Waals surface area contributed by atoms with E-state index in [1.165, 1.54) is 6.21 Å². The number of amides is 1. The zero-order valence-electron chi connectivity index (χ0n) is 9.02. The number of nitrogens with zero attached hydrogens (tertiary/aromatic N) is 1. The zero-order valence-corrected chi connectivity index (χ0v) is 9.02. The van der Waals surface area contributed by atoms with Crippen LogP contribution < -0.4 is 5.32 Å². The van der Waals surface area contributed by atoms with Gasteiger partial charge in [0.1, 0.15) is 0 Å². The molecule has 16 heavy (non-hydrogen) atoms. The molecule has 1 aromatic carbocycles. The van der Waals surface area contributed by atoms with Gasteiger partial charge in [-0.3, -0.25) is 9.69 Å². The van der Waals surface area contributed by atoms with Crippen molar-refractivity contribution < 1.29 is 4.79 Å². The van der Waals surface area contributed by atoms with Gasteiger partial charge in [-0.1, -0.05) is 30.3 Å². The zero-order chi connectivity index (χ0) is 11.4. The quantitative estimate of drug-likeness (QED) is 0.733. The van der Waals surface area contributed by atoms with Crippen LogP contribution in [0.5, 0.6) is 0 Å². The lowest BCUT2D eigenvalue weighted by Gasteiger charge is -2.18. The van der Waals surface area contributed by atoms with Crippen LogP contribution >= 0.6 is 0 Å². The second kappa shape index (κ2) is 4.90. The maximum atomic E-state index is 11.0. The summed E-state index contributed by atoms with van der Waals surface area (Å²) in [6.45, 7) is 1.75. The molecule has 84 valence electrons. The molecule has 1 aliphatic heterocycles. The van der Waals surface area contributed by atoms with Crippen molar-refractivity contribution in [3.63, 3.8) is 0 Å². The highest BCUT2D eigenvalue weighted by molar-refractivity contribution is 5.79. The monoisotopic (exact) mass is 217 g/mol. The molecular weight excluding hydrogens is 202 g/mol. The molecule has 1 atom stereocenters. The lowest BCUT2D eigenvalue weighted by atomic mass is 10.00. The van der Waals surface area contributed by atoms with Crippen molar-refractivity contribution >= 4 is 12.1 Å². The Bertz CT molecular complexity index is 377. The topological polar surface area (TPSA) is 56.2 Å². The van der Waals surface area contributed by atoms with Crippen molar-refractivity contribution in [2.75, 3.05) is 19.8 Å². The van der Waals surface area contributed by atoms with Crippen LogP contribution in [-0.2, 0) is 4.79 Å². The molecule has 2 rings (SSSR count). The Labute approximate surface area is 94.8 Å². The molecule has 4 nitrogen and oxygen atoms in total. The van der Waals surface area contributed by atoms with Gasteiger partial charge in [0.15, 0.2) is 0 Å². The molecule has 2 N–H and O–H groups in total. The first-order valence-corrected chi connectivity index (χ1v) is 5.34. The van der Waals surface area contributed by atoms with Crippen molar-refractivity contribution in [2.24, 2.45) is 0 Å². The van der Waals surface area contributed by atoms with Gasteiger partial charge in [0.2, 0.25) is 5.91 Å². The number of hydrogen-bond acceptors (Lipinski definition) is 3. The fraction of sp³-hybridized carbons (Fsp3) is 0.333. The summed E-state index contributed by atoms with van der Waals surface area (Å²) in [6.07, 6.45) is 1.44. The largest absolute Gasteiger partial charge is 0.342 e. The van der Waals surface area contributed by atoms with Gasteiger partial charge < -0.3 is 10.7 Å². The van der Waals surface area contributed by atoms with Crippen LogP contribution in [0.15, 0.2) is 30.3 Å². The van der Waals surface area contributed by atoms with Crippen LogP contribution in [0.4, 0.5) is 0 Å². The average molecular weight is 217 g/mol. The highest BCUT2D eigenvalue weighted by atomic mass is 16.2. The van der Waals surface area contributed by atoms with Crippen LogP contribution in [0, 0.1) is 5.41 Å². The molecule has 0 spiro atoms. The molecular formula is C12H15N3O. The molecule has 1 amide bonds. The number of rotatable bonds is 4. The lowest BCUT2D eigenvalue weighted by molar-refractivity contribution is -0.118. The lowest BCUT2D eigenvalue weighted by Crippen LogP contribution is -2.28. The first kappa shape index (κ1) is 10.8. The Balaban J connectivity index is 2.01. The second-order valence-corrected chi connectivity index (χ2v) is 3.95. The average Bonchev–Trinajstić information content (AvgIpc) is 2.73. The van der Waals surface area contributed by atoms with E-state index >= 15 is 0 Å². The van der Waals surface area contributed by atoms with E-state index in [1.54, 1.807) is 0 Å². The summed E-state index contributed by atoms with van der Waals surface area (Å²) >= 11 is 0. The summed E-state index contributed by atoms with van der Waals surface area (Å²) in [4.78, 5) is 13.1. The standard InChI is InChI=1S/C12H15N3O/c13-6-11(10-4-2-1-3-5-10)7-15-8-12(16)14-9-15/h1-6,11,13H,7-9H2,(H,14,16). The summed E-state index contributed by atoms with van der Waals surface area (Å²) in [5.41, 5.74) is 1.12. The van der Waals surface area contributed by atoms with Gasteiger partial charge in [-0.2, -0.15) is 0 Å². The van der Waals surface area contributed by atoms with Crippen LogP contribution in [0.2, 0.25) is 0 Å². The summed E-state index contributed by atoms with van der Waals surface area (Å²) in [7, 11) is 0. The summed E-state index contributed by atoms with van der Waals surface area (Å²) < 4.78 is 0. The van der Waals surface area contributed by atoms with E-state index in [-0.39, 0.29) is 11.8 Å². The Hall–Kier alpha value is -1.68. The minimum atomic E-state index is 0.0638. The maximum absolute atomic E-state index is 11.0. The maximum Gasteiger partial charge on any atom is 0.235 e. The fourth-order valence-corrected chi connectivity index (χ4v) is 1.88. The number of benzene rings is 1. The third-order valence-electron chi connectivity index (χ3n) is 2.75. The highest BCUT2D eigenvalue weighted by Gasteiger charge is 2.21. The molecule has 1 saturated heterocycles. The first-order valence-electron chi connectivity index (χ1n) is 5.34. The van der Waals surface area contributed by atoms with Crippen molar-refractivity contribution in [1.29, 1.82) is 5.41 Å². The first-order chi connectivity index (χ1) is 7.79. The van der Waals surface area contributed by atoms with E-state index in [0.29, 0.717) is 19.8 Å². The number of carbonyl (C=O) groups excluding carboxylic acids is 1. The predicted molar refractivity (Wildman–Crippen MR) is 62.5 cm³/mol. The normalized spacial score (nSPS) is 18.1. The minimum Gasteiger partial charge on any atom is -0.342 e. The minimum absolute atomic E-state index is 0.0638. The van der Waals surface area contributed by atoms with Crippen LogP contribution in [0.1, 0.15) is 11.5 Å². The molecule has 0 radical (unpaired) electrons. The Morgan fingerprint density at radius 3 is 2.75 bits per heavy atom. The molecule has 1 heterocycles. The van der Waals surface area contributed by atoms with Crippen LogP contribution in [0.25, 0.3) is 0 Å². The van der Waals surface area contributed by atoms with E-state index in [1.807, 2.05) is 35.2 Å². The van der Waals surface area contributed by atoms with Gasteiger partial charge in [0, 0.05) is 18.7 Å². The van der Waals surface area contributed by atoms with E-state index in [4.69, 9.17) is 5.41 Å². The highest BCUT2D eigenvalue weighted by Crippen LogP contribution is 2.15. The van der Waals surface area contributed by atoms with Crippen molar-refractivity contribution in [3.05, 3.63) is 35.9 Å². The third kappa shape index (κ3) is 2.46. The molecule has 0 aromatic heterocycles. The smallest absolute Gasteiger partial charge is 0.235 e. The van der Waals surface area contributed by atoms with Crippen molar-refractivity contribution in [1.82, 2.24) is 10.2 Å². The summed E-state index contributed by atoms with van der Waals surface area (Å²) in [5.74, 6) is 0.130. The number of nitrogens with one attached hydrogen (secondary N) is 2. The van der Waals surface area contributed by atoms with Crippen LogP contribution in [-0.4, -0.2) is 36.8 Å². The van der Waals surface area contributed by atoms with Gasteiger partial charge >= 0.3 is 0 Å². The second-order valence-electron chi connectivity index (χ2n) is 3.95. The molecule has 0 saturated carbocycles. The van der Waals surface area contributed by atoms with E-state index in [9.17, 15) is 4.79 Å². The predicted octanol–water partition coefficient (Wildman–Crippen LogP) is 0.809. The van der Waals surface area contributed by atoms with Gasteiger partial charge in [0.25, 0.3) is 0 Å². The van der Waals surface area contributed by atoms with E-state index < -0.39 is 0 Å². The Morgan fingerprint density at radius 2 is 2.19 bits per heavy atom. The molecule has 1 aromatic rings. The molecule has 4 heteroatoms. The summed E-state index contributed by atoms with van der Waals surface area (Å²) in [6, 6.07) is 9.94. The van der Waals surface area contributed by atoms with Crippen molar-refractivity contribution in [3.8, 4) is 0 Å². The Kier molecular flexibility index (Phi) is 3.31. The van der Waals surface area contributed by atoms with Gasteiger partial charge in [-0.15, -0.1) is 0 Å². The van der Waals surface area contributed by atoms with Gasteiger partial charge in [0.05, 0.1) is 13.2 Å². The SMILES string of the molecule is N=CC(CN1CNC(=O)C1)c1ccccc1. The molecule has 1 unspecified atom stereocenters. The molecule has 0 bridgehead atoms. The molecule has 0 aliphatic carbocycles. The summed E-state index contributed by atoms with van der Waals surface area (Å²) in [5, 5.41) is 10.2. The van der Waals surface area contributed by atoms with Gasteiger partial charge in [-0.05, 0) is 5.56 Å². The number of carbonyl (C=O) groups is 1.